The van der Waals surface area contributed by atoms with E-state index in [0.717, 1.165) is 45.2 Å². The second-order valence-electron chi connectivity index (χ2n) is 5.17. The summed E-state index contributed by atoms with van der Waals surface area (Å²) < 4.78 is 0. The van der Waals surface area contributed by atoms with E-state index >= 15 is 0 Å². The monoisotopic (exact) mass is 314 g/mol. The number of hydrogen-bond acceptors (Lipinski definition) is 2. The van der Waals surface area contributed by atoms with Crippen LogP contribution in [0.1, 0.15) is 32.6 Å². The van der Waals surface area contributed by atoms with E-state index in [0.29, 0.717) is 12.8 Å². The summed E-state index contributed by atoms with van der Waals surface area (Å²) >= 11 is 12.7. The van der Waals surface area contributed by atoms with Gasteiger partial charge in [-0.1, -0.05) is 42.3 Å². The van der Waals surface area contributed by atoms with Gasteiger partial charge in [0.05, 0.1) is 0 Å². The van der Waals surface area contributed by atoms with Gasteiger partial charge in [-0.25, -0.2) is 0 Å². The molecule has 0 aromatic carbocycles. The summed E-state index contributed by atoms with van der Waals surface area (Å²) in [5, 5.41) is 20.0. The normalized spacial score (nSPS) is 19.3. The summed E-state index contributed by atoms with van der Waals surface area (Å²) in [7, 11) is 0. The van der Waals surface area contributed by atoms with E-state index in [1.807, 2.05) is 0 Å². The van der Waals surface area contributed by atoms with Crippen molar-refractivity contribution in [1.29, 1.82) is 0 Å². The summed E-state index contributed by atoms with van der Waals surface area (Å²) in [4.78, 5) is 0. The Bertz CT molecular complexity index is 467. The van der Waals surface area contributed by atoms with Crippen molar-refractivity contribution in [2.45, 2.75) is 32.6 Å². The third-order valence-electron chi connectivity index (χ3n) is 3.96. The van der Waals surface area contributed by atoms with Gasteiger partial charge in [-0.3, -0.25) is 0 Å². The van der Waals surface area contributed by atoms with E-state index in [9.17, 15) is 10.2 Å². The Morgan fingerprint density at radius 3 is 1.70 bits per heavy atom. The van der Waals surface area contributed by atoms with E-state index in [-0.39, 0.29) is 19.1 Å². The average molecular weight is 315 g/mol. The van der Waals surface area contributed by atoms with Crippen LogP contribution in [0, 0.1) is 5.92 Å². The van der Waals surface area contributed by atoms with E-state index in [2.05, 4.69) is 19.1 Å². The Kier molecular flexibility index (Phi) is 5.50. The lowest BCUT2D eigenvalue weighted by Crippen LogP contribution is -2.09. The maximum absolute atomic E-state index is 9.18. The van der Waals surface area contributed by atoms with Crippen LogP contribution in [0.3, 0.4) is 0 Å². The Balaban J connectivity index is 2.29. The minimum absolute atomic E-state index is 0.107. The number of hydrogen-bond donors (Lipinski definition) is 2. The average Bonchev–Trinajstić information content (AvgIpc) is 2.94. The highest BCUT2D eigenvalue weighted by molar-refractivity contribution is 6.31. The molecule has 0 fully saturated rings. The number of aliphatic hydroxyl groups is 2. The van der Waals surface area contributed by atoms with Gasteiger partial charge in [0.25, 0.3) is 0 Å². The highest BCUT2D eigenvalue weighted by atomic mass is 35.5. The molecule has 0 aliphatic heterocycles. The van der Waals surface area contributed by atoms with E-state index in [1.54, 1.807) is 0 Å². The number of aliphatic hydroxyl groups excluding tert-OH is 2. The molecular weight excluding hydrogens is 295 g/mol. The van der Waals surface area contributed by atoms with E-state index in [4.69, 9.17) is 23.2 Å². The topological polar surface area (TPSA) is 40.5 Å². The number of halogens is 2. The van der Waals surface area contributed by atoms with Crippen molar-refractivity contribution in [1.82, 2.24) is 0 Å². The van der Waals surface area contributed by atoms with Crippen molar-refractivity contribution in [3.8, 4) is 0 Å². The van der Waals surface area contributed by atoms with Crippen molar-refractivity contribution in [2.24, 2.45) is 5.92 Å². The zero-order chi connectivity index (χ0) is 14.7. The van der Waals surface area contributed by atoms with Gasteiger partial charge in [0.15, 0.2) is 0 Å². The molecule has 0 spiro atoms. The van der Waals surface area contributed by atoms with Crippen LogP contribution in [0.15, 0.2) is 44.5 Å². The lowest BCUT2D eigenvalue weighted by atomic mass is 9.85. The fourth-order valence-corrected chi connectivity index (χ4v) is 3.82. The first-order chi connectivity index (χ1) is 9.60. The summed E-state index contributed by atoms with van der Waals surface area (Å²) in [6, 6.07) is 0. The lowest BCUT2D eigenvalue weighted by molar-refractivity contribution is 0.299. The van der Waals surface area contributed by atoms with Gasteiger partial charge < -0.3 is 10.2 Å². The molecule has 0 aromatic heterocycles. The van der Waals surface area contributed by atoms with Gasteiger partial charge in [0.2, 0.25) is 0 Å². The fourth-order valence-electron chi connectivity index (χ4n) is 3.10. The molecule has 0 atom stereocenters. The zero-order valence-corrected chi connectivity index (χ0v) is 13.1. The molecule has 0 amide bonds. The Morgan fingerprint density at radius 1 is 0.950 bits per heavy atom. The molecule has 4 heteroatoms. The van der Waals surface area contributed by atoms with Crippen LogP contribution in [-0.4, -0.2) is 23.4 Å². The van der Waals surface area contributed by atoms with Gasteiger partial charge in [0.1, 0.15) is 0 Å². The maximum atomic E-state index is 9.18. The van der Waals surface area contributed by atoms with Crippen LogP contribution in [0.25, 0.3) is 0 Å². The number of allylic oxidation sites excluding steroid dienone is 6. The van der Waals surface area contributed by atoms with Gasteiger partial charge in [-0.15, -0.1) is 0 Å². The first kappa shape index (κ1) is 15.8. The molecule has 0 bridgehead atoms. The maximum Gasteiger partial charge on any atom is 0.0471 e. The molecule has 2 N–H and O–H groups in total. The molecule has 0 radical (unpaired) electrons. The highest BCUT2D eigenvalue weighted by Gasteiger charge is 2.28. The molecule has 2 rings (SSSR count). The van der Waals surface area contributed by atoms with E-state index < -0.39 is 0 Å². The second-order valence-corrected chi connectivity index (χ2v) is 6.09. The molecular formula is C16H20Cl2O2. The Hall–Kier alpha value is -0.540. The second kappa shape index (κ2) is 6.95. The molecule has 2 aliphatic rings. The minimum Gasteiger partial charge on any atom is -0.396 e. The fraction of sp³-hybridized carbons (Fsp3) is 0.500. The molecule has 0 unspecified atom stereocenters. The van der Waals surface area contributed by atoms with Crippen molar-refractivity contribution >= 4 is 23.2 Å². The Labute approximate surface area is 130 Å². The molecule has 0 saturated heterocycles. The van der Waals surface area contributed by atoms with Gasteiger partial charge in [0, 0.05) is 42.0 Å². The predicted octanol–water partition coefficient (Wildman–Crippen LogP) is 4.03. The van der Waals surface area contributed by atoms with Crippen molar-refractivity contribution in [3.05, 3.63) is 44.5 Å². The SMILES string of the molecule is CC(C1=C(Cl)CC=C1CCO)C1=C(Cl)CC=C1CCO. The van der Waals surface area contributed by atoms with Crippen LogP contribution >= 0.6 is 23.2 Å². The molecule has 0 heterocycles. The van der Waals surface area contributed by atoms with Crippen molar-refractivity contribution < 1.29 is 10.2 Å². The minimum atomic E-state index is 0.107. The van der Waals surface area contributed by atoms with Crippen molar-refractivity contribution in [3.63, 3.8) is 0 Å². The molecule has 0 aromatic rings. The van der Waals surface area contributed by atoms with Crippen LogP contribution in [0.5, 0.6) is 0 Å². The largest absolute Gasteiger partial charge is 0.396 e. The summed E-state index contributed by atoms with van der Waals surface area (Å²) in [6.45, 7) is 2.35. The van der Waals surface area contributed by atoms with Gasteiger partial charge in [-0.2, -0.15) is 0 Å². The van der Waals surface area contributed by atoms with Crippen LogP contribution in [-0.2, 0) is 0 Å². The summed E-state index contributed by atoms with van der Waals surface area (Å²) in [6.07, 6.45) is 6.90. The third-order valence-corrected chi connectivity index (χ3v) is 4.68. The molecule has 2 aliphatic carbocycles. The first-order valence-electron chi connectivity index (χ1n) is 6.97. The first-order valence-corrected chi connectivity index (χ1v) is 7.73. The summed E-state index contributed by atoms with van der Waals surface area (Å²) in [5.74, 6) is 0.107. The Morgan fingerprint density at radius 2 is 1.35 bits per heavy atom. The third kappa shape index (κ3) is 3.04. The predicted molar refractivity (Wildman–Crippen MR) is 83.7 cm³/mol. The molecule has 110 valence electrons. The molecule has 20 heavy (non-hydrogen) atoms. The van der Waals surface area contributed by atoms with Crippen LogP contribution in [0.2, 0.25) is 0 Å². The van der Waals surface area contributed by atoms with Crippen LogP contribution < -0.4 is 0 Å². The smallest absolute Gasteiger partial charge is 0.0471 e. The van der Waals surface area contributed by atoms with Gasteiger partial charge >= 0.3 is 0 Å². The highest BCUT2D eigenvalue weighted by Crippen LogP contribution is 2.44. The molecule has 2 nitrogen and oxygen atoms in total. The lowest BCUT2D eigenvalue weighted by Gasteiger charge is -2.21. The zero-order valence-electron chi connectivity index (χ0n) is 11.6. The van der Waals surface area contributed by atoms with E-state index in [1.165, 1.54) is 0 Å². The number of rotatable bonds is 6. The standard InChI is InChI=1S/C16H20Cl2O2/c1-10(15-11(6-8-19)2-4-13(15)17)16-12(7-9-20)3-5-14(16)18/h2-3,10,19-20H,4-9H2,1H3. The van der Waals surface area contributed by atoms with Crippen LogP contribution in [0.4, 0.5) is 0 Å². The molecule has 0 saturated carbocycles. The summed E-state index contributed by atoms with van der Waals surface area (Å²) in [5.41, 5.74) is 4.44. The van der Waals surface area contributed by atoms with Crippen molar-refractivity contribution in [2.75, 3.05) is 13.2 Å². The van der Waals surface area contributed by atoms with Gasteiger partial charge in [-0.05, 0) is 35.1 Å². The quantitative estimate of drug-likeness (QED) is 0.777.